The molecule has 0 saturated carbocycles. The number of hydrogen-bond acceptors (Lipinski definition) is 5. The van der Waals surface area contributed by atoms with Gasteiger partial charge in [-0.25, -0.2) is 9.50 Å². The summed E-state index contributed by atoms with van der Waals surface area (Å²) >= 11 is 0. The molecule has 6 rings (SSSR count). The van der Waals surface area contributed by atoms with Crippen molar-refractivity contribution in [3.63, 3.8) is 0 Å². The summed E-state index contributed by atoms with van der Waals surface area (Å²) in [7, 11) is 0. The van der Waals surface area contributed by atoms with Crippen LogP contribution in [0.15, 0.2) is 66.7 Å². The van der Waals surface area contributed by atoms with Crippen LogP contribution in [0.25, 0.3) is 27.9 Å². The number of anilines is 2. The van der Waals surface area contributed by atoms with Crippen molar-refractivity contribution in [1.29, 1.82) is 0 Å². The number of pyridine rings is 1. The minimum atomic E-state index is 0. The van der Waals surface area contributed by atoms with Gasteiger partial charge in [-0.05, 0) is 62.3 Å². The highest BCUT2D eigenvalue weighted by Crippen LogP contribution is 2.25. The molecule has 2 N–H and O–H groups in total. The first-order valence-electron chi connectivity index (χ1n) is 10.7. The van der Waals surface area contributed by atoms with Gasteiger partial charge in [-0.1, -0.05) is 30.3 Å². The number of nitrogens with zero attached hydrogens (tertiary/aromatic N) is 5. The maximum atomic E-state index is 4.78. The normalized spacial score (nSPS) is 14.6. The van der Waals surface area contributed by atoms with E-state index in [1.807, 2.05) is 47.0 Å². The van der Waals surface area contributed by atoms with Gasteiger partial charge in [0, 0.05) is 12.7 Å². The lowest BCUT2D eigenvalue weighted by Crippen LogP contribution is -2.19. The third-order valence-corrected chi connectivity index (χ3v) is 5.79. The molecule has 0 spiro atoms. The van der Waals surface area contributed by atoms with Gasteiger partial charge in [0.1, 0.15) is 5.82 Å². The van der Waals surface area contributed by atoms with E-state index in [-0.39, 0.29) is 1.43 Å². The van der Waals surface area contributed by atoms with Gasteiger partial charge in [-0.2, -0.15) is 4.98 Å². The Morgan fingerprint density at radius 2 is 1.81 bits per heavy atom. The van der Waals surface area contributed by atoms with Gasteiger partial charge in [-0.15, -0.1) is 5.10 Å². The molecule has 7 heteroatoms. The molecule has 1 aliphatic rings. The number of nitrogens with one attached hydrogen (secondary N) is 2. The quantitative estimate of drug-likeness (QED) is 0.432. The molecule has 2 aromatic carbocycles. The first-order valence-corrected chi connectivity index (χ1v) is 10.7. The largest absolute Gasteiger partial charge is 0.341 e. The fourth-order valence-corrected chi connectivity index (χ4v) is 4.28. The molecular weight excluding hydrogens is 386 g/mol. The van der Waals surface area contributed by atoms with E-state index >= 15 is 0 Å². The molecular formula is C24H25N7. The zero-order chi connectivity index (χ0) is 20.6. The van der Waals surface area contributed by atoms with E-state index in [9.17, 15) is 0 Å². The van der Waals surface area contributed by atoms with Crippen molar-refractivity contribution in [2.45, 2.75) is 19.4 Å². The predicted molar refractivity (Wildman–Crippen MR) is 124 cm³/mol. The van der Waals surface area contributed by atoms with Gasteiger partial charge >= 0.3 is 0 Å². The Labute approximate surface area is 181 Å². The number of imidazole rings is 1. The van der Waals surface area contributed by atoms with E-state index in [2.05, 4.69) is 44.5 Å². The van der Waals surface area contributed by atoms with Crippen LogP contribution in [-0.4, -0.2) is 42.6 Å². The Bertz CT molecular complexity index is 1350. The maximum absolute atomic E-state index is 4.78. The number of likely N-dealkylation sites (tertiary alicyclic amines) is 1. The van der Waals surface area contributed by atoms with Crippen molar-refractivity contribution < 1.29 is 1.43 Å². The molecule has 156 valence electrons. The van der Waals surface area contributed by atoms with E-state index in [4.69, 9.17) is 10.1 Å². The summed E-state index contributed by atoms with van der Waals surface area (Å²) in [6, 6.07) is 22.3. The number of para-hydroxylation sites is 1. The molecule has 1 saturated heterocycles. The summed E-state index contributed by atoms with van der Waals surface area (Å²) in [4.78, 5) is 15.4. The van der Waals surface area contributed by atoms with Crippen LogP contribution in [0.4, 0.5) is 11.6 Å². The highest BCUT2D eigenvalue weighted by Gasteiger charge is 2.15. The lowest BCUT2D eigenvalue weighted by molar-refractivity contribution is 0.324. The van der Waals surface area contributed by atoms with Crippen LogP contribution in [0.5, 0.6) is 0 Å². The minimum absolute atomic E-state index is 0. The fourth-order valence-electron chi connectivity index (χ4n) is 4.28. The first-order chi connectivity index (χ1) is 15.3. The Morgan fingerprint density at radius 3 is 2.68 bits per heavy atom. The van der Waals surface area contributed by atoms with Gasteiger partial charge in [0.2, 0.25) is 5.95 Å². The minimum Gasteiger partial charge on any atom is -0.341 e. The van der Waals surface area contributed by atoms with Gasteiger partial charge in [0.15, 0.2) is 5.65 Å². The van der Waals surface area contributed by atoms with Crippen LogP contribution < -0.4 is 5.32 Å². The highest BCUT2D eigenvalue weighted by molar-refractivity contribution is 5.81. The molecule has 0 atom stereocenters. The third-order valence-electron chi connectivity index (χ3n) is 5.79. The Balaban J connectivity index is 0.00000216. The maximum Gasteiger partial charge on any atom is 0.247 e. The monoisotopic (exact) mass is 411 g/mol. The Kier molecular flexibility index (Phi) is 4.39. The molecule has 0 radical (unpaired) electrons. The Morgan fingerprint density at radius 1 is 0.935 bits per heavy atom. The van der Waals surface area contributed by atoms with E-state index in [1.165, 1.54) is 12.8 Å². The average molecular weight is 412 g/mol. The second-order valence-electron chi connectivity index (χ2n) is 8.01. The average Bonchev–Trinajstić information content (AvgIpc) is 3.53. The molecule has 0 amide bonds. The highest BCUT2D eigenvalue weighted by atomic mass is 15.4. The molecule has 0 bridgehead atoms. The van der Waals surface area contributed by atoms with Crippen LogP contribution in [-0.2, 0) is 6.54 Å². The van der Waals surface area contributed by atoms with Crippen molar-refractivity contribution in [2.24, 2.45) is 0 Å². The van der Waals surface area contributed by atoms with Crippen molar-refractivity contribution in [3.8, 4) is 11.3 Å². The molecule has 1 fully saturated rings. The molecule has 1 aliphatic heterocycles. The number of H-pyrrole nitrogens is 1. The van der Waals surface area contributed by atoms with Crippen LogP contribution in [0, 0.1) is 0 Å². The number of aromatic amines is 1. The molecule has 4 heterocycles. The summed E-state index contributed by atoms with van der Waals surface area (Å²) in [5.74, 6) is 1.61. The van der Waals surface area contributed by atoms with Crippen LogP contribution in [0.1, 0.15) is 20.1 Å². The summed E-state index contributed by atoms with van der Waals surface area (Å²) in [5.41, 5.74) is 5.87. The van der Waals surface area contributed by atoms with Crippen LogP contribution >= 0.6 is 0 Å². The van der Waals surface area contributed by atoms with Crippen molar-refractivity contribution in [2.75, 3.05) is 18.4 Å². The molecule has 5 aromatic rings. The first kappa shape index (κ1) is 18.1. The van der Waals surface area contributed by atoms with Crippen molar-refractivity contribution in [3.05, 3.63) is 72.6 Å². The van der Waals surface area contributed by atoms with Gasteiger partial charge < -0.3 is 10.3 Å². The number of aromatic nitrogens is 5. The number of fused-ring (bicyclic) bond motifs is 2. The predicted octanol–water partition coefficient (Wildman–Crippen LogP) is 4.86. The van der Waals surface area contributed by atoms with Gasteiger partial charge in [0.25, 0.3) is 0 Å². The zero-order valence-corrected chi connectivity index (χ0v) is 17.1. The van der Waals surface area contributed by atoms with Crippen molar-refractivity contribution >= 4 is 28.3 Å². The third kappa shape index (κ3) is 3.53. The van der Waals surface area contributed by atoms with Gasteiger partial charge in [-0.3, -0.25) is 4.90 Å². The van der Waals surface area contributed by atoms with Gasteiger partial charge in [0.05, 0.1) is 23.3 Å². The molecule has 31 heavy (non-hydrogen) atoms. The Hall–Kier alpha value is -3.71. The van der Waals surface area contributed by atoms with Crippen LogP contribution in [0.3, 0.4) is 0 Å². The van der Waals surface area contributed by atoms with E-state index in [0.717, 1.165) is 59.1 Å². The summed E-state index contributed by atoms with van der Waals surface area (Å²) < 4.78 is 1.88. The number of hydrogen-bond donors (Lipinski definition) is 2. The second-order valence-corrected chi connectivity index (χ2v) is 8.01. The standard InChI is InChI=1S/C24H23N7.H2/c1-2-7-18(8-3-1)25-24-28-23-10-6-9-21(31(23)29-24)17-11-12-19-20(15-17)27-22(26-19)16-30-13-4-5-14-30;/h1-3,6-12,15H,4-5,13-14,16H2,(H,25,29)(H,26,27);1H. The lowest BCUT2D eigenvalue weighted by atomic mass is 10.1. The SMILES string of the molecule is [HH].c1ccc(Nc2nc3cccc(-c4ccc5nc(CN6CCCC6)[nH]c5c4)n3n2)cc1. The van der Waals surface area contributed by atoms with E-state index < -0.39 is 0 Å². The zero-order valence-electron chi connectivity index (χ0n) is 17.1. The fraction of sp³-hybridized carbons (Fsp3) is 0.208. The summed E-state index contributed by atoms with van der Waals surface area (Å²) in [5, 5.41) is 7.98. The van der Waals surface area contributed by atoms with E-state index in [0.29, 0.717) is 5.95 Å². The smallest absolute Gasteiger partial charge is 0.247 e. The number of benzene rings is 2. The van der Waals surface area contributed by atoms with Crippen LogP contribution in [0.2, 0.25) is 0 Å². The summed E-state index contributed by atoms with van der Waals surface area (Å²) in [6.07, 6.45) is 2.57. The van der Waals surface area contributed by atoms with Crippen molar-refractivity contribution in [1.82, 2.24) is 29.5 Å². The molecule has 0 aliphatic carbocycles. The lowest BCUT2D eigenvalue weighted by Gasteiger charge is -2.11. The summed E-state index contributed by atoms with van der Waals surface area (Å²) in [6.45, 7) is 3.21. The number of rotatable bonds is 5. The topological polar surface area (TPSA) is 74.1 Å². The molecule has 7 nitrogen and oxygen atoms in total. The second kappa shape index (κ2) is 7.52. The van der Waals surface area contributed by atoms with E-state index in [1.54, 1.807) is 0 Å². The molecule has 3 aromatic heterocycles. The molecule has 0 unspecified atom stereocenters.